The monoisotopic (exact) mass is 178 g/mol. The summed E-state index contributed by atoms with van der Waals surface area (Å²) in [5.74, 6) is 0. The molecular formula is C9H14Fe. The van der Waals surface area contributed by atoms with Crippen LogP contribution >= 0.6 is 0 Å². The van der Waals surface area contributed by atoms with Crippen molar-refractivity contribution in [1.29, 1.82) is 0 Å². The van der Waals surface area contributed by atoms with Gasteiger partial charge in [-0.2, -0.15) is 0 Å². The molecular weight excluding hydrogens is 164 g/mol. The van der Waals surface area contributed by atoms with Gasteiger partial charge >= 0.3 is 0 Å². The Kier molecular flexibility index (Phi) is 4.76. The molecule has 0 nitrogen and oxygen atoms in total. The van der Waals surface area contributed by atoms with E-state index < -0.39 is 0 Å². The van der Waals surface area contributed by atoms with E-state index in [4.69, 9.17) is 0 Å². The van der Waals surface area contributed by atoms with Crippen LogP contribution in [0.3, 0.4) is 0 Å². The Labute approximate surface area is 73.9 Å². The first-order chi connectivity index (χ1) is 4.38. The van der Waals surface area contributed by atoms with Crippen LogP contribution in [0.15, 0.2) is 23.3 Å². The molecule has 0 aromatic rings. The molecule has 0 N–H and O–H groups in total. The van der Waals surface area contributed by atoms with Crippen molar-refractivity contribution in [3.63, 3.8) is 0 Å². The third kappa shape index (κ3) is 2.00. The zero-order valence-electron chi connectivity index (χ0n) is 6.63. The molecule has 0 aliphatic heterocycles. The topological polar surface area (TPSA) is 0 Å². The maximum Gasteiger partial charge on any atom is 0 e. The SMILES string of the molecule is CCC1=C(CC)CC=C1.[Fe]. The standard InChI is InChI=1S/C9H14.Fe/c1-3-8-6-5-7-9(8)4-2;/h5-6H,3-4,7H2,1-2H3;. The number of allylic oxidation sites excluding steroid dienone is 4. The molecule has 10 heavy (non-hydrogen) atoms. The molecule has 0 saturated heterocycles. The molecule has 0 aromatic carbocycles. The van der Waals surface area contributed by atoms with Crippen LogP contribution in [-0.4, -0.2) is 0 Å². The zero-order chi connectivity index (χ0) is 6.69. The van der Waals surface area contributed by atoms with Crippen molar-refractivity contribution in [2.45, 2.75) is 33.1 Å². The molecule has 0 heterocycles. The number of rotatable bonds is 2. The molecule has 58 valence electrons. The van der Waals surface area contributed by atoms with Crippen LogP contribution in [0.5, 0.6) is 0 Å². The van der Waals surface area contributed by atoms with Crippen LogP contribution < -0.4 is 0 Å². The summed E-state index contributed by atoms with van der Waals surface area (Å²) in [5, 5.41) is 0. The fourth-order valence-corrected chi connectivity index (χ4v) is 1.33. The predicted molar refractivity (Wildman–Crippen MR) is 41.4 cm³/mol. The minimum Gasteiger partial charge on any atom is -0.0802 e. The van der Waals surface area contributed by atoms with Crippen molar-refractivity contribution in [2.24, 2.45) is 0 Å². The van der Waals surface area contributed by atoms with Crippen molar-refractivity contribution in [3.8, 4) is 0 Å². The van der Waals surface area contributed by atoms with E-state index >= 15 is 0 Å². The number of hydrogen-bond donors (Lipinski definition) is 0. The maximum absolute atomic E-state index is 2.26. The van der Waals surface area contributed by atoms with Gasteiger partial charge in [0.15, 0.2) is 0 Å². The van der Waals surface area contributed by atoms with E-state index in [2.05, 4.69) is 26.0 Å². The Morgan fingerprint density at radius 1 is 1.30 bits per heavy atom. The van der Waals surface area contributed by atoms with E-state index in [1.54, 1.807) is 11.1 Å². The average Bonchev–Trinajstić information content (AvgIpc) is 2.33. The van der Waals surface area contributed by atoms with Crippen molar-refractivity contribution in [2.75, 3.05) is 0 Å². The normalized spacial score (nSPS) is 15.8. The summed E-state index contributed by atoms with van der Waals surface area (Å²) < 4.78 is 0. The Morgan fingerprint density at radius 3 is 2.40 bits per heavy atom. The summed E-state index contributed by atoms with van der Waals surface area (Å²) in [5.41, 5.74) is 3.20. The van der Waals surface area contributed by atoms with Gasteiger partial charge in [-0.15, -0.1) is 0 Å². The van der Waals surface area contributed by atoms with E-state index in [1.807, 2.05) is 0 Å². The summed E-state index contributed by atoms with van der Waals surface area (Å²) in [6, 6.07) is 0. The third-order valence-electron chi connectivity index (χ3n) is 1.95. The van der Waals surface area contributed by atoms with Gasteiger partial charge in [-0.3, -0.25) is 0 Å². The molecule has 1 aliphatic rings. The van der Waals surface area contributed by atoms with Crippen LogP contribution in [-0.2, 0) is 17.1 Å². The summed E-state index contributed by atoms with van der Waals surface area (Å²) in [6.45, 7) is 4.46. The largest absolute Gasteiger partial charge is 0.0802 e. The number of hydrogen-bond acceptors (Lipinski definition) is 0. The first-order valence-electron chi connectivity index (χ1n) is 3.76. The smallest absolute Gasteiger partial charge is 0 e. The van der Waals surface area contributed by atoms with E-state index in [9.17, 15) is 0 Å². The van der Waals surface area contributed by atoms with Crippen LogP contribution in [0.4, 0.5) is 0 Å². The Morgan fingerprint density at radius 2 is 2.00 bits per heavy atom. The fourth-order valence-electron chi connectivity index (χ4n) is 1.33. The third-order valence-corrected chi connectivity index (χ3v) is 1.95. The summed E-state index contributed by atoms with van der Waals surface area (Å²) in [6.07, 6.45) is 8.17. The van der Waals surface area contributed by atoms with Gasteiger partial charge in [0.25, 0.3) is 0 Å². The second kappa shape index (κ2) is 4.76. The zero-order valence-corrected chi connectivity index (χ0v) is 7.73. The van der Waals surface area contributed by atoms with E-state index in [1.165, 1.54) is 19.3 Å². The van der Waals surface area contributed by atoms with Crippen molar-refractivity contribution in [1.82, 2.24) is 0 Å². The van der Waals surface area contributed by atoms with Gasteiger partial charge in [0.05, 0.1) is 0 Å². The Hall–Kier alpha value is -0.000519. The minimum absolute atomic E-state index is 0. The Bertz CT molecular complexity index is 154. The molecule has 1 rings (SSSR count). The molecule has 0 amide bonds. The fraction of sp³-hybridized carbons (Fsp3) is 0.556. The molecule has 1 heteroatoms. The molecule has 1 aliphatic carbocycles. The molecule has 0 aromatic heterocycles. The molecule has 0 fully saturated rings. The molecule has 0 bridgehead atoms. The summed E-state index contributed by atoms with van der Waals surface area (Å²) in [7, 11) is 0. The Balaban J connectivity index is 0.000000810. The summed E-state index contributed by atoms with van der Waals surface area (Å²) >= 11 is 0. The second-order valence-electron chi connectivity index (χ2n) is 2.44. The first-order valence-corrected chi connectivity index (χ1v) is 3.76. The molecule has 0 saturated carbocycles. The van der Waals surface area contributed by atoms with Crippen molar-refractivity contribution < 1.29 is 17.1 Å². The predicted octanol–water partition coefficient (Wildman–Crippen LogP) is 3.06. The van der Waals surface area contributed by atoms with Gasteiger partial charge in [-0.25, -0.2) is 0 Å². The van der Waals surface area contributed by atoms with Gasteiger partial charge in [0.2, 0.25) is 0 Å². The quantitative estimate of drug-likeness (QED) is 0.570. The van der Waals surface area contributed by atoms with Gasteiger partial charge in [-0.1, -0.05) is 31.6 Å². The van der Waals surface area contributed by atoms with Crippen LogP contribution in [0.2, 0.25) is 0 Å². The maximum atomic E-state index is 2.26. The molecule has 0 spiro atoms. The van der Waals surface area contributed by atoms with Crippen molar-refractivity contribution >= 4 is 0 Å². The molecule has 0 atom stereocenters. The van der Waals surface area contributed by atoms with Gasteiger partial charge in [-0.05, 0) is 24.8 Å². The molecule has 0 unspecified atom stereocenters. The minimum atomic E-state index is 0. The van der Waals surface area contributed by atoms with Crippen molar-refractivity contribution in [3.05, 3.63) is 23.3 Å². The van der Waals surface area contributed by atoms with E-state index in [-0.39, 0.29) is 17.1 Å². The van der Waals surface area contributed by atoms with Gasteiger partial charge < -0.3 is 0 Å². The van der Waals surface area contributed by atoms with E-state index in [0.29, 0.717) is 0 Å². The summed E-state index contributed by atoms with van der Waals surface area (Å²) in [4.78, 5) is 0. The van der Waals surface area contributed by atoms with Crippen LogP contribution in [0.1, 0.15) is 33.1 Å². The van der Waals surface area contributed by atoms with Gasteiger partial charge in [0, 0.05) is 17.1 Å². The van der Waals surface area contributed by atoms with E-state index in [0.717, 1.165) is 0 Å². The first kappa shape index (κ1) is 10.00. The molecule has 0 radical (unpaired) electrons. The van der Waals surface area contributed by atoms with Crippen LogP contribution in [0, 0.1) is 0 Å². The van der Waals surface area contributed by atoms with Gasteiger partial charge in [0.1, 0.15) is 0 Å². The average molecular weight is 178 g/mol. The van der Waals surface area contributed by atoms with Crippen LogP contribution in [0.25, 0.3) is 0 Å². The second-order valence-corrected chi connectivity index (χ2v) is 2.44.